The van der Waals surface area contributed by atoms with E-state index in [4.69, 9.17) is 4.42 Å². The molecular formula is C48H30O. The van der Waals surface area contributed by atoms with Crippen molar-refractivity contribution in [3.8, 4) is 44.7 Å². The molecule has 0 saturated carbocycles. The lowest BCUT2D eigenvalue weighted by Crippen LogP contribution is -1.91. The molecule has 0 bridgehead atoms. The normalized spacial score (nSPS) is 11.7. The minimum absolute atomic E-state index is 0.893. The molecule has 0 spiro atoms. The summed E-state index contributed by atoms with van der Waals surface area (Å²) < 4.78 is 6.19. The van der Waals surface area contributed by atoms with E-state index in [0.29, 0.717) is 0 Å². The summed E-state index contributed by atoms with van der Waals surface area (Å²) in [6.07, 6.45) is 0. The van der Waals surface area contributed by atoms with Gasteiger partial charge < -0.3 is 4.42 Å². The molecule has 1 heteroatoms. The largest absolute Gasteiger partial charge is 0.456 e. The fourth-order valence-corrected chi connectivity index (χ4v) is 7.72. The van der Waals surface area contributed by atoms with Crippen LogP contribution >= 0.6 is 0 Å². The quantitative estimate of drug-likeness (QED) is 0.178. The van der Waals surface area contributed by atoms with Crippen LogP contribution in [0.15, 0.2) is 186 Å². The Hall–Kier alpha value is -6.44. The van der Waals surface area contributed by atoms with Gasteiger partial charge in [-0.3, -0.25) is 0 Å². The molecule has 0 N–H and O–H groups in total. The first-order valence-corrected chi connectivity index (χ1v) is 16.8. The van der Waals surface area contributed by atoms with Gasteiger partial charge in [0.2, 0.25) is 0 Å². The summed E-state index contributed by atoms with van der Waals surface area (Å²) in [6.45, 7) is 0. The second-order valence-corrected chi connectivity index (χ2v) is 12.9. The molecule has 1 aromatic heterocycles. The first-order chi connectivity index (χ1) is 24.3. The molecule has 49 heavy (non-hydrogen) atoms. The lowest BCUT2D eigenvalue weighted by Gasteiger charge is -2.18. The summed E-state index contributed by atoms with van der Waals surface area (Å²) in [5.41, 5.74) is 9.47. The van der Waals surface area contributed by atoms with Crippen molar-refractivity contribution in [2.75, 3.05) is 0 Å². The van der Waals surface area contributed by atoms with Crippen LogP contribution in [0.3, 0.4) is 0 Å². The molecule has 1 heterocycles. The molecule has 0 unspecified atom stereocenters. The molecule has 0 aliphatic rings. The van der Waals surface area contributed by atoms with Gasteiger partial charge in [-0.15, -0.1) is 0 Å². The number of furan rings is 1. The van der Waals surface area contributed by atoms with E-state index >= 15 is 0 Å². The van der Waals surface area contributed by atoms with Crippen LogP contribution in [0.2, 0.25) is 0 Å². The molecule has 228 valence electrons. The molecule has 0 aliphatic carbocycles. The third-order valence-electron chi connectivity index (χ3n) is 10.0. The first kappa shape index (κ1) is 27.7. The van der Waals surface area contributed by atoms with E-state index in [-0.39, 0.29) is 0 Å². The zero-order chi connectivity index (χ0) is 32.3. The molecular weight excluding hydrogens is 593 g/mol. The smallest absolute Gasteiger partial charge is 0.135 e. The molecule has 9 aromatic carbocycles. The summed E-state index contributed by atoms with van der Waals surface area (Å²) >= 11 is 0. The van der Waals surface area contributed by atoms with E-state index in [0.717, 1.165) is 22.3 Å². The van der Waals surface area contributed by atoms with Gasteiger partial charge in [-0.2, -0.15) is 0 Å². The summed E-state index contributed by atoms with van der Waals surface area (Å²) in [5, 5.41) is 11.1. The van der Waals surface area contributed by atoms with Gasteiger partial charge in [-0.25, -0.2) is 0 Å². The molecule has 0 fully saturated rings. The van der Waals surface area contributed by atoms with Gasteiger partial charge >= 0.3 is 0 Å². The minimum Gasteiger partial charge on any atom is -0.456 e. The van der Waals surface area contributed by atoms with E-state index in [1.54, 1.807) is 0 Å². The van der Waals surface area contributed by atoms with E-state index < -0.39 is 0 Å². The molecule has 1 nitrogen and oxygen atoms in total. The second-order valence-electron chi connectivity index (χ2n) is 12.9. The van der Waals surface area contributed by atoms with Crippen molar-refractivity contribution in [1.82, 2.24) is 0 Å². The number of rotatable bonds is 4. The Balaban J connectivity index is 1.11. The monoisotopic (exact) mass is 622 g/mol. The molecule has 0 aliphatic heterocycles. The fraction of sp³-hybridized carbons (Fsp3) is 0. The highest BCUT2D eigenvalue weighted by molar-refractivity contribution is 6.21. The topological polar surface area (TPSA) is 13.1 Å². The van der Waals surface area contributed by atoms with Gasteiger partial charge in [0.15, 0.2) is 0 Å². The van der Waals surface area contributed by atoms with Gasteiger partial charge in [0.25, 0.3) is 0 Å². The van der Waals surface area contributed by atoms with Gasteiger partial charge in [-0.05, 0) is 101 Å². The van der Waals surface area contributed by atoms with Crippen LogP contribution in [0.25, 0.3) is 98.8 Å². The van der Waals surface area contributed by atoms with Crippen LogP contribution in [-0.2, 0) is 0 Å². The molecule has 0 radical (unpaired) electrons. The fourth-order valence-electron chi connectivity index (χ4n) is 7.72. The SMILES string of the molecule is c1ccc2oc(-c3ccc4cc(-c5c6ccccc6c(-c6ccc(-c7cccc8ccccc78)cc6)c6ccccc56)ccc4c3)cc2c1. The Labute approximate surface area is 284 Å². The Morgan fingerprint density at radius 1 is 0.286 bits per heavy atom. The average Bonchev–Trinajstić information content (AvgIpc) is 3.61. The summed E-state index contributed by atoms with van der Waals surface area (Å²) in [5.74, 6) is 0.893. The van der Waals surface area contributed by atoms with Crippen LogP contribution in [0.4, 0.5) is 0 Å². The zero-order valence-corrected chi connectivity index (χ0v) is 26.7. The second kappa shape index (κ2) is 11.1. The molecule has 0 atom stereocenters. The van der Waals surface area contributed by atoms with Gasteiger partial charge in [0.1, 0.15) is 11.3 Å². The Kier molecular flexibility index (Phi) is 6.25. The highest BCUT2D eigenvalue weighted by Gasteiger charge is 2.17. The Bertz CT molecular complexity index is 2780. The minimum atomic E-state index is 0.893. The maximum absolute atomic E-state index is 6.19. The maximum Gasteiger partial charge on any atom is 0.135 e. The van der Waals surface area contributed by atoms with E-state index in [1.807, 2.05) is 18.2 Å². The summed E-state index contributed by atoms with van der Waals surface area (Å²) in [7, 11) is 0. The van der Waals surface area contributed by atoms with Crippen molar-refractivity contribution in [2.45, 2.75) is 0 Å². The van der Waals surface area contributed by atoms with Crippen LogP contribution in [-0.4, -0.2) is 0 Å². The van der Waals surface area contributed by atoms with E-state index in [2.05, 4.69) is 164 Å². The third-order valence-corrected chi connectivity index (χ3v) is 10.0. The van der Waals surface area contributed by atoms with Crippen LogP contribution < -0.4 is 0 Å². The van der Waals surface area contributed by atoms with Gasteiger partial charge in [-0.1, -0.05) is 158 Å². The summed E-state index contributed by atoms with van der Waals surface area (Å²) in [6, 6.07) is 65.9. The van der Waals surface area contributed by atoms with Crippen molar-refractivity contribution in [1.29, 1.82) is 0 Å². The Morgan fingerprint density at radius 2 is 0.776 bits per heavy atom. The maximum atomic E-state index is 6.19. The highest BCUT2D eigenvalue weighted by atomic mass is 16.3. The molecule has 0 amide bonds. The lowest BCUT2D eigenvalue weighted by atomic mass is 9.85. The number of para-hydroxylation sites is 1. The van der Waals surface area contributed by atoms with Gasteiger partial charge in [0.05, 0.1) is 0 Å². The molecule has 10 aromatic rings. The number of hydrogen-bond acceptors (Lipinski definition) is 1. The standard InChI is InChI=1S/C48H30O/c1-3-13-39-31(10-1)12-9-18-40(39)32-20-22-33(23-21-32)47-41-14-4-6-16-43(41)48(44-17-7-5-15-42(44)47)38-27-25-34-28-37(26-24-35(34)29-38)46-30-36-11-2-8-19-45(36)49-46/h1-30H. The lowest BCUT2D eigenvalue weighted by molar-refractivity contribution is 0.631. The number of hydrogen-bond donors (Lipinski definition) is 0. The predicted octanol–water partition coefficient (Wildman–Crippen LogP) is 13.7. The summed E-state index contributed by atoms with van der Waals surface area (Å²) in [4.78, 5) is 0. The van der Waals surface area contributed by atoms with Crippen molar-refractivity contribution in [3.63, 3.8) is 0 Å². The van der Waals surface area contributed by atoms with Crippen molar-refractivity contribution < 1.29 is 4.42 Å². The number of benzene rings is 9. The zero-order valence-electron chi connectivity index (χ0n) is 26.7. The average molecular weight is 623 g/mol. The third kappa shape index (κ3) is 4.55. The first-order valence-electron chi connectivity index (χ1n) is 16.8. The van der Waals surface area contributed by atoms with Crippen molar-refractivity contribution in [2.24, 2.45) is 0 Å². The van der Waals surface area contributed by atoms with Crippen LogP contribution in [0.1, 0.15) is 0 Å². The molecule has 0 saturated heterocycles. The Morgan fingerprint density at radius 3 is 1.45 bits per heavy atom. The van der Waals surface area contributed by atoms with Crippen molar-refractivity contribution >= 4 is 54.1 Å². The predicted molar refractivity (Wildman–Crippen MR) is 208 cm³/mol. The van der Waals surface area contributed by atoms with E-state index in [1.165, 1.54) is 76.5 Å². The number of fused-ring (bicyclic) bond motifs is 5. The van der Waals surface area contributed by atoms with Crippen LogP contribution in [0, 0.1) is 0 Å². The molecule has 10 rings (SSSR count). The van der Waals surface area contributed by atoms with E-state index in [9.17, 15) is 0 Å². The van der Waals surface area contributed by atoms with Crippen molar-refractivity contribution in [3.05, 3.63) is 182 Å². The van der Waals surface area contributed by atoms with Crippen LogP contribution in [0.5, 0.6) is 0 Å². The van der Waals surface area contributed by atoms with Gasteiger partial charge in [0, 0.05) is 10.9 Å². The highest BCUT2D eigenvalue weighted by Crippen LogP contribution is 2.44.